The summed E-state index contributed by atoms with van der Waals surface area (Å²) in [7, 11) is -3.54. The highest BCUT2D eigenvalue weighted by Gasteiger charge is 2.32. The lowest BCUT2D eigenvalue weighted by Gasteiger charge is -2.36. The Bertz CT molecular complexity index is 1460. The van der Waals surface area contributed by atoms with E-state index in [2.05, 4.69) is 5.10 Å². The number of sulfonamides is 1. The van der Waals surface area contributed by atoms with E-state index in [-0.39, 0.29) is 36.4 Å². The van der Waals surface area contributed by atoms with Crippen molar-refractivity contribution in [2.75, 3.05) is 31.1 Å². The van der Waals surface area contributed by atoms with Gasteiger partial charge in [0, 0.05) is 26.2 Å². The zero-order valence-electron chi connectivity index (χ0n) is 21.2. The van der Waals surface area contributed by atoms with E-state index < -0.39 is 27.3 Å². The highest BCUT2D eigenvalue weighted by atomic mass is 32.2. The standard InChI is InChI=1S/C27H29F3N4O4S/c28-27(29,30)21-9-6-10-22(17-21)34-26(35)25(38-23-11-4-5-12-23)24(18-31-34)32-13-15-33(16-14-32)39(36,37)19-20-7-2-1-3-8-20/h1-3,6-10,17-18,23H,4-5,11-16,19H2. The normalized spacial score (nSPS) is 17.5. The van der Waals surface area contributed by atoms with Crippen molar-refractivity contribution in [3.63, 3.8) is 0 Å². The predicted octanol–water partition coefficient (Wildman–Crippen LogP) is 4.22. The molecule has 3 aromatic rings. The molecule has 1 aliphatic carbocycles. The van der Waals surface area contributed by atoms with Gasteiger partial charge in [0.2, 0.25) is 15.8 Å². The van der Waals surface area contributed by atoms with Gasteiger partial charge in [-0.05, 0) is 49.4 Å². The zero-order chi connectivity index (χ0) is 27.6. The molecule has 0 amide bonds. The maximum absolute atomic E-state index is 13.6. The van der Waals surface area contributed by atoms with Gasteiger partial charge in [-0.1, -0.05) is 36.4 Å². The highest BCUT2D eigenvalue weighted by Crippen LogP contribution is 2.32. The van der Waals surface area contributed by atoms with Gasteiger partial charge in [0.25, 0.3) is 0 Å². The molecule has 8 nitrogen and oxygen atoms in total. The van der Waals surface area contributed by atoms with Crippen LogP contribution in [0.1, 0.15) is 36.8 Å². The fourth-order valence-electron chi connectivity index (χ4n) is 5.02. The molecule has 2 aliphatic rings. The summed E-state index contributed by atoms with van der Waals surface area (Å²) in [6, 6.07) is 13.4. The van der Waals surface area contributed by atoms with Crippen LogP contribution in [0.5, 0.6) is 5.75 Å². The monoisotopic (exact) mass is 562 g/mol. The summed E-state index contributed by atoms with van der Waals surface area (Å²) in [5.74, 6) is -0.0757. The van der Waals surface area contributed by atoms with Crippen LogP contribution < -0.4 is 15.2 Å². The second-order valence-corrected chi connectivity index (χ2v) is 11.7. The lowest BCUT2D eigenvalue weighted by molar-refractivity contribution is -0.137. The van der Waals surface area contributed by atoms with Crippen LogP contribution in [0.4, 0.5) is 18.9 Å². The molecule has 1 aromatic heterocycles. The molecule has 208 valence electrons. The fourth-order valence-corrected chi connectivity index (χ4v) is 6.54. The number of anilines is 1. The van der Waals surface area contributed by atoms with E-state index in [4.69, 9.17) is 4.74 Å². The third kappa shape index (κ3) is 6.11. The number of ether oxygens (including phenoxy) is 1. The van der Waals surface area contributed by atoms with Crippen molar-refractivity contribution < 1.29 is 26.3 Å². The fraction of sp³-hybridized carbons (Fsp3) is 0.407. The lowest BCUT2D eigenvalue weighted by atomic mass is 10.2. The van der Waals surface area contributed by atoms with E-state index >= 15 is 0 Å². The molecule has 0 radical (unpaired) electrons. The molecule has 1 saturated heterocycles. The molecule has 2 heterocycles. The van der Waals surface area contributed by atoms with Crippen LogP contribution in [0.2, 0.25) is 0 Å². The van der Waals surface area contributed by atoms with Crippen LogP contribution in [-0.2, 0) is 22.0 Å². The van der Waals surface area contributed by atoms with Gasteiger partial charge >= 0.3 is 11.7 Å². The number of nitrogens with zero attached hydrogens (tertiary/aromatic N) is 4. The minimum atomic E-state index is -4.57. The number of hydrogen-bond donors (Lipinski definition) is 0. The molecule has 5 rings (SSSR count). The summed E-state index contributed by atoms with van der Waals surface area (Å²) in [5, 5.41) is 4.19. The minimum Gasteiger partial charge on any atom is -0.483 e. The van der Waals surface area contributed by atoms with Crippen molar-refractivity contribution in [2.45, 2.75) is 43.7 Å². The molecule has 2 fully saturated rings. The van der Waals surface area contributed by atoms with Crippen LogP contribution >= 0.6 is 0 Å². The van der Waals surface area contributed by atoms with E-state index in [1.807, 2.05) is 11.0 Å². The number of aromatic nitrogens is 2. The Labute approximate surface area is 224 Å². The molecule has 2 aromatic carbocycles. The number of rotatable bonds is 7. The van der Waals surface area contributed by atoms with E-state index in [0.29, 0.717) is 24.3 Å². The van der Waals surface area contributed by atoms with Gasteiger partial charge in [-0.3, -0.25) is 4.79 Å². The Morgan fingerprint density at radius 3 is 2.31 bits per heavy atom. The molecule has 1 saturated carbocycles. The van der Waals surface area contributed by atoms with Crippen LogP contribution in [0, 0.1) is 0 Å². The van der Waals surface area contributed by atoms with Crippen molar-refractivity contribution in [2.24, 2.45) is 0 Å². The number of piperazine rings is 1. The van der Waals surface area contributed by atoms with E-state index in [1.54, 1.807) is 24.3 Å². The van der Waals surface area contributed by atoms with Gasteiger partial charge < -0.3 is 9.64 Å². The molecule has 12 heteroatoms. The summed E-state index contributed by atoms with van der Waals surface area (Å²) in [6.07, 6.45) is 0.146. The third-order valence-electron chi connectivity index (χ3n) is 7.08. The van der Waals surface area contributed by atoms with Gasteiger partial charge in [0.15, 0.2) is 0 Å². The first kappa shape index (κ1) is 27.2. The van der Waals surface area contributed by atoms with Crippen LogP contribution in [0.15, 0.2) is 65.6 Å². The average molecular weight is 563 g/mol. The average Bonchev–Trinajstić information content (AvgIpc) is 3.43. The Kier molecular flexibility index (Phi) is 7.68. The van der Waals surface area contributed by atoms with Crippen molar-refractivity contribution in [3.8, 4) is 11.4 Å². The molecule has 0 N–H and O–H groups in total. The Morgan fingerprint density at radius 1 is 0.949 bits per heavy atom. The van der Waals surface area contributed by atoms with Gasteiger partial charge in [-0.15, -0.1) is 0 Å². The SMILES string of the molecule is O=c1c(OC2CCCC2)c(N2CCN(S(=O)(=O)Cc3ccccc3)CC2)cnn1-c1cccc(C(F)(F)F)c1. The first-order valence-electron chi connectivity index (χ1n) is 12.9. The van der Waals surface area contributed by atoms with Crippen molar-refractivity contribution in [1.82, 2.24) is 14.1 Å². The quantitative estimate of drug-likeness (QED) is 0.429. The summed E-state index contributed by atoms with van der Waals surface area (Å²) < 4.78 is 74.4. The Hall–Kier alpha value is -3.38. The lowest BCUT2D eigenvalue weighted by Crippen LogP contribution is -2.49. The summed E-state index contributed by atoms with van der Waals surface area (Å²) in [4.78, 5) is 15.4. The molecule has 0 spiro atoms. The van der Waals surface area contributed by atoms with E-state index in [1.165, 1.54) is 22.6 Å². The Morgan fingerprint density at radius 2 is 1.64 bits per heavy atom. The van der Waals surface area contributed by atoms with Gasteiger partial charge in [0.1, 0.15) is 5.69 Å². The van der Waals surface area contributed by atoms with Crippen molar-refractivity contribution in [3.05, 3.63) is 82.3 Å². The number of hydrogen-bond acceptors (Lipinski definition) is 6. The first-order valence-corrected chi connectivity index (χ1v) is 14.5. The summed E-state index contributed by atoms with van der Waals surface area (Å²) in [5.41, 5.74) is -0.444. The minimum absolute atomic E-state index is 0.0190. The van der Waals surface area contributed by atoms with Gasteiger partial charge in [-0.25, -0.2) is 8.42 Å². The number of benzene rings is 2. The van der Waals surface area contributed by atoms with Crippen LogP contribution in [0.25, 0.3) is 5.69 Å². The highest BCUT2D eigenvalue weighted by molar-refractivity contribution is 7.88. The molecular weight excluding hydrogens is 533 g/mol. The van der Waals surface area contributed by atoms with E-state index in [9.17, 15) is 26.4 Å². The van der Waals surface area contributed by atoms with Crippen LogP contribution in [0.3, 0.4) is 0 Å². The number of alkyl halides is 3. The third-order valence-corrected chi connectivity index (χ3v) is 8.93. The van der Waals surface area contributed by atoms with Gasteiger partial charge in [0.05, 0.1) is 29.3 Å². The molecule has 1 aliphatic heterocycles. The van der Waals surface area contributed by atoms with E-state index in [0.717, 1.165) is 42.5 Å². The molecule has 0 bridgehead atoms. The smallest absolute Gasteiger partial charge is 0.416 e. The zero-order valence-corrected chi connectivity index (χ0v) is 22.0. The first-order chi connectivity index (χ1) is 18.6. The van der Waals surface area contributed by atoms with Gasteiger partial charge in [-0.2, -0.15) is 27.3 Å². The number of halogens is 3. The van der Waals surface area contributed by atoms with Crippen molar-refractivity contribution in [1.29, 1.82) is 0 Å². The molecule has 39 heavy (non-hydrogen) atoms. The second kappa shape index (κ2) is 11.0. The summed E-state index contributed by atoms with van der Waals surface area (Å²) in [6.45, 7) is 1.05. The molecule has 0 atom stereocenters. The topological polar surface area (TPSA) is 84.7 Å². The second-order valence-electron chi connectivity index (χ2n) is 9.78. The summed E-state index contributed by atoms with van der Waals surface area (Å²) >= 11 is 0. The molecule has 0 unspecified atom stereocenters. The molecular formula is C27H29F3N4O4S. The largest absolute Gasteiger partial charge is 0.483 e. The Balaban J connectivity index is 1.41. The maximum atomic E-state index is 13.6. The van der Waals surface area contributed by atoms with Crippen LogP contribution in [-0.4, -0.2) is 54.8 Å². The van der Waals surface area contributed by atoms with Crippen molar-refractivity contribution >= 4 is 15.7 Å². The predicted molar refractivity (Wildman–Crippen MR) is 141 cm³/mol. The maximum Gasteiger partial charge on any atom is 0.416 e.